The highest BCUT2D eigenvalue weighted by molar-refractivity contribution is 5.92. The number of methoxy groups -OCH3 is 2. The molecule has 424 valence electrons. The molecule has 0 radical (unpaired) electrons. The van der Waals surface area contributed by atoms with Crippen LogP contribution in [-0.4, -0.2) is 173 Å². The molecule has 82 heavy (non-hydrogen) atoms. The number of furan rings is 2. The van der Waals surface area contributed by atoms with E-state index >= 15 is 0 Å². The second-order valence-corrected chi connectivity index (χ2v) is 20.8. The van der Waals surface area contributed by atoms with Crippen molar-refractivity contribution >= 4 is 68.4 Å². The molecular weight excluding hydrogens is 1050 g/mol. The van der Waals surface area contributed by atoms with Gasteiger partial charge in [-0.15, -0.1) is 10.2 Å². The van der Waals surface area contributed by atoms with Crippen LogP contribution in [0.3, 0.4) is 0 Å². The Morgan fingerprint density at radius 3 is 1.29 bits per heavy atom. The normalized spacial score (nSPS) is 16.5. The van der Waals surface area contributed by atoms with Gasteiger partial charge in [0.05, 0.1) is 36.5 Å². The van der Waals surface area contributed by atoms with Gasteiger partial charge >= 0.3 is 0 Å². The van der Waals surface area contributed by atoms with Crippen molar-refractivity contribution in [3.8, 4) is 34.7 Å². The number of carbonyl (C=O) groups excluding carboxylic acids is 2. The van der Waals surface area contributed by atoms with Crippen molar-refractivity contribution in [2.24, 2.45) is 11.8 Å². The minimum atomic E-state index is -0.395. The van der Waals surface area contributed by atoms with Gasteiger partial charge in [0.1, 0.15) is 36.8 Å². The first-order valence-electron chi connectivity index (χ1n) is 27.6. The van der Waals surface area contributed by atoms with Crippen LogP contribution >= 0.6 is 0 Å². The predicted molar refractivity (Wildman–Crippen MR) is 301 cm³/mol. The highest BCUT2D eigenvalue weighted by Crippen LogP contribution is 2.43. The Hall–Kier alpha value is -9.30. The molecule has 26 nitrogen and oxygen atoms in total. The summed E-state index contributed by atoms with van der Waals surface area (Å²) in [5.41, 5.74) is 16.5. The Kier molecular flexibility index (Phi) is 14.2. The molecule has 26 heteroatoms. The lowest BCUT2D eigenvalue weighted by Crippen LogP contribution is -2.51. The molecule has 2 aliphatic heterocycles. The number of benzene rings is 2. The number of hydrogen-bond donors (Lipinski definition) is 2. The number of piperazine rings is 2. The zero-order valence-corrected chi connectivity index (χ0v) is 45.4. The van der Waals surface area contributed by atoms with E-state index in [1.807, 2.05) is 46.5 Å². The molecule has 0 bridgehead atoms. The molecular formula is C56H62N18O8. The third-order valence-electron chi connectivity index (χ3n) is 15.4. The molecule has 0 unspecified atom stereocenters. The van der Waals surface area contributed by atoms with Crippen LogP contribution in [0.4, 0.5) is 23.3 Å². The average Bonchev–Trinajstić information content (AvgIpc) is 4.11. The number of anilines is 4. The number of amides is 2. The smallest absolute Gasteiger partial charge is 0.247 e. The SMILES string of the molecule is COCCOc1ccc(N2CCN(C(=O)[C@@H](C3CC3)n3cc4c(nc(N)n5nc(-c6ccco6)nc45)n3)CC2)cc1.COCCOc1ccc(N2CCN(C(=O)[C@H](C3CC3)n3cc4c(nc(N)n5nc(-c6ccco6)nc45)n3)CC2)cc1. The molecule has 14 rings (SSSR count). The van der Waals surface area contributed by atoms with Crippen molar-refractivity contribution in [3.05, 3.63) is 97.7 Å². The van der Waals surface area contributed by atoms with Gasteiger partial charge in [0, 0.05) is 90.3 Å². The Morgan fingerprint density at radius 2 is 0.939 bits per heavy atom. The van der Waals surface area contributed by atoms with Gasteiger partial charge in [0.2, 0.25) is 35.4 Å². The fourth-order valence-corrected chi connectivity index (χ4v) is 10.8. The third kappa shape index (κ3) is 10.5. The molecule has 4 N–H and O–H groups in total. The van der Waals surface area contributed by atoms with Crippen LogP contribution in [0.5, 0.6) is 11.5 Å². The van der Waals surface area contributed by atoms with Gasteiger partial charge in [-0.1, -0.05) is 0 Å². The van der Waals surface area contributed by atoms with Gasteiger partial charge in [-0.05, 0) is 110 Å². The topological polar surface area (TPSA) is 284 Å². The highest BCUT2D eigenvalue weighted by atomic mass is 16.5. The molecule has 2 aliphatic carbocycles. The molecule has 2 saturated carbocycles. The molecule has 8 aromatic heterocycles. The summed E-state index contributed by atoms with van der Waals surface area (Å²) in [5, 5.41) is 19.7. The number of nitrogens with two attached hydrogens (primary N) is 2. The standard InChI is InChI=1S/2C28H31N9O4/c2*1-39-15-16-40-20-8-6-19(7-9-20)34-10-12-35(13-11-34)27(38)23(18-4-5-18)36-17-21-24(32-36)31-28(29)37-26(21)30-25(33-37)22-3-2-14-41-22/h2*2-3,6-9,14,17-18,23H,4-5,10-13,15-16H2,1H3,(H2,29,31,32)/t2*23-/m10/s1. The fraction of sp³-hybridized carbons (Fsp3) is 0.393. The Bertz CT molecular complexity index is 3580. The molecule has 2 atom stereocenters. The Morgan fingerprint density at radius 1 is 0.537 bits per heavy atom. The van der Waals surface area contributed by atoms with Crippen LogP contribution in [0.1, 0.15) is 37.8 Å². The maximum atomic E-state index is 13.9. The molecule has 10 aromatic rings. The lowest BCUT2D eigenvalue weighted by molar-refractivity contribution is -0.136. The van der Waals surface area contributed by atoms with Gasteiger partial charge in [-0.25, -0.2) is 9.97 Å². The second kappa shape index (κ2) is 22.3. The number of ether oxygens (including phenoxy) is 4. The van der Waals surface area contributed by atoms with Crippen molar-refractivity contribution in [3.63, 3.8) is 0 Å². The minimum Gasteiger partial charge on any atom is -0.491 e. The van der Waals surface area contributed by atoms with Crippen LogP contribution in [0.2, 0.25) is 0 Å². The summed E-state index contributed by atoms with van der Waals surface area (Å²) in [4.78, 5) is 54.5. The first-order valence-corrected chi connectivity index (χ1v) is 27.6. The van der Waals surface area contributed by atoms with E-state index in [1.165, 1.54) is 9.03 Å². The van der Waals surface area contributed by atoms with Crippen LogP contribution in [0, 0.1) is 11.8 Å². The largest absolute Gasteiger partial charge is 0.491 e. The van der Waals surface area contributed by atoms with E-state index in [0.29, 0.717) is 109 Å². The number of rotatable bonds is 18. The van der Waals surface area contributed by atoms with Crippen molar-refractivity contribution in [2.75, 3.05) is 114 Å². The number of carbonyl (C=O) groups is 2. The molecule has 4 fully saturated rings. The third-order valence-corrected chi connectivity index (χ3v) is 15.4. The number of aromatic nitrogens is 12. The lowest BCUT2D eigenvalue weighted by atomic mass is 10.1. The van der Waals surface area contributed by atoms with E-state index in [1.54, 1.807) is 60.4 Å². The summed E-state index contributed by atoms with van der Waals surface area (Å²) in [6.45, 7) is 7.71. The number of fused-ring (bicyclic) bond motifs is 6. The molecule has 2 amide bonds. The summed E-state index contributed by atoms with van der Waals surface area (Å²) in [7, 11) is 3.31. The number of nitrogen functional groups attached to an aromatic ring is 2. The van der Waals surface area contributed by atoms with E-state index in [2.05, 4.69) is 64.2 Å². The average molecular weight is 1120 g/mol. The van der Waals surface area contributed by atoms with Gasteiger partial charge in [-0.2, -0.15) is 29.2 Å². The predicted octanol–water partition coefficient (Wildman–Crippen LogP) is 5.28. The van der Waals surface area contributed by atoms with E-state index < -0.39 is 12.1 Å². The summed E-state index contributed by atoms with van der Waals surface area (Å²) < 4.78 is 38.8. The van der Waals surface area contributed by atoms with Crippen LogP contribution in [0.25, 0.3) is 56.5 Å². The van der Waals surface area contributed by atoms with E-state index in [-0.39, 0.29) is 35.5 Å². The summed E-state index contributed by atoms with van der Waals surface area (Å²) in [5.74, 6) is 4.50. The van der Waals surface area contributed by atoms with Gasteiger partial charge in [0.25, 0.3) is 0 Å². The summed E-state index contributed by atoms with van der Waals surface area (Å²) in [6.07, 6.45) is 10.8. The molecule has 2 saturated heterocycles. The monoisotopic (exact) mass is 1110 g/mol. The van der Waals surface area contributed by atoms with Crippen molar-refractivity contribution in [1.29, 1.82) is 0 Å². The van der Waals surface area contributed by atoms with Crippen molar-refractivity contribution in [1.82, 2.24) is 68.5 Å². The molecule has 10 heterocycles. The zero-order chi connectivity index (χ0) is 55.8. The second-order valence-electron chi connectivity index (χ2n) is 20.8. The van der Waals surface area contributed by atoms with E-state index in [9.17, 15) is 9.59 Å². The Labute approximate surface area is 469 Å². The van der Waals surface area contributed by atoms with E-state index in [4.69, 9.17) is 49.4 Å². The van der Waals surface area contributed by atoms with Crippen LogP contribution < -0.4 is 30.7 Å². The van der Waals surface area contributed by atoms with Crippen molar-refractivity contribution < 1.29 is 37.4 Å². The maximum Gasteiger partial charge on any atom is 0.247 e. The molecule has 0 spiro atoms. The number of nitrogens with zero attached hydrogens (tertiary/aromatic N) is 16. The summed E-state index contributed by atoms with van der Waals surface area (Å²) in [6, 6.07) is 22.5. The van der Waals surface area contributed by atoms with Crippen molar-refractivity contribution in [2.45, 2.75) is 37.8 Å². The first-order chi connectivity index (χ1) is 40.2. The first kappa shape index (κ1) is 52.1. The van der Waals surface area contributed by atoms with Gasteiger partial charge in [-0.3, -0.25) is 19.0 Å². The quantitative estimate of drug-likeness (QED) is 0.103. The fourth-order valence-electron chi connectivity index (χ4n) is 10.8. The van der Waals surface area contributed by atoms with Crippen LogP contribution in [-0.2, 0) is 19.1 Å². The lowest BCUT2D eigenvalue weighted by Gasteiger charge is -2.37. The maximum absolute atomic E-state index is 13.9. The zero-order valence-electron chi connectivity index (χ0n) is 45.4. The minimum absolute atomic E-state index is 0.0866. The van der Waals surface area contributed by atoms with E-state index in [0.717, 1.165) is 74.7 Å². The molecule has 2 aromatic carbocycles. The van der Waals surface area contributed by atoms with Crippen LogP contribution in [0.15, 0.2) is 107 Å². The Balaban J connectivity index is 0.000000154. The summed E-state index contributed by atoms with van der Waals surface area (Å²) >= 11 is 0. The molecule has 4 aliphatic rings. The van der Waals surface area contributed by atoms with Gasteiger partial charge < -0.3 is 58.8 Å². The highest BCUT2D eigenvalue weighted by Gasteiger charge is 2.43. The number of hydrogen-bond acceptors (Lipinski definition) is 20. The van der Waals surface area contributed by atoms with Gasteiger partial charge in [0.15, 0.2) is 34.1 Å².